The molecule has 0 amide bonds. The van der Waals surface area contributed by atoms with Crippen LogP contribution in [0.15, 0.2) is 53.5 Å². The molecule has 0 aliphatic carbocycles. The Bertz CT molecular complexity index is 824. The van der Waals surface area contributed by atoms with Crippen molar-refractivity contribution in [3.05, 3.63) is 54.1 Å². The lowest BCUT2D eigenvalue weighted by Crippen LogP contribution is -2.52. The number of anilines is 1. The number of methoxy groups -OCH3 is 2. The summed E-state index contributed by atoms with van der Waals surface area (Å²) in [6.07, 6.45) is 0.883. The Morgan fingerprint density at radius 3 is 2.38 bits per heavy atom. The van der Waals surface area contributed by atoms with Crippen molar-refractivity contribution in [1.82, 2.24) is 10.2 Å². The molecule has 8 heteroatoms. The van der Waals surface area contributed by atoms with Gasteiger partial charge in [-0.1, -0.05) is 12.1 Å². The van der Waals surface area contributed by atoms with Gasteiger partial charge in [-0.3, -0.25) is 4.99 Å². The lowest BCUT2D eigenvalue weighted by atomic mass is 10.2. The monoisotopic (exact) mass is 554 g/mol. The lowest BCUT2D eigenvalue weighted by molar-refractivity contribution is 0.172. The van der Waals surface area contributed by atoms with Crippen LogP contribution < -0.4 is 19.7 Å². The van der Waals surface area contributed by atoms with Gasteiger partial charge >= 0.3 is 0 Å². The van der Waals surface area contributed by atoms with Crippen LogP contribution in [0.25, 0.3) is 0 Å². The first kappa shape index (κ1) is 26.1. The summed E-state index contributed by atoms with van der Waals surface area (Å²) in [5.41, 5.74) is 2.40. The van der Waals surface area contributed by atoms with E-state index in [1.807, 2.05) is 31.3 Å². The molecular weight excluding hydrogens is 519 g/mol. The molecule has 0 aromatic heterocycles. The largest absolute Gasteiger partial charge is 0.497 e. The van der Waals surface area contributed by atoms with E-state index >= 15 is 0 Å². The lowest BCUT2D eigenvalue weighted by Gasteiger charge is -2.37. The predicted octanol–water partition coefficient (Wildman–Crippen LogP) is 3.63. The van der Waals surface area contributed by atoms with Crippen LogP contribution in [0.3, 0.4) is 0 Å². The van der Waals surface area contributed by atoms with Crippen LogP contribution in [0.2, 0.25) is 0 Å². The molecular formula is C24H35IN4O3. The first-order valence-electron chi connectivity index (χ1n) is 10.8. The number of ether oxygens (including phenoxy) is 3. The first-order valence-corrected chi connectivity index (χ1v) is 10.8. The summed E-state index contributed by atoms with van der Waals surface area (Å²) >= 11 is 0. The van der Waals surface area contributed by atoms with Gasteiger partial charge in [0.1, 0.15) is 11.5 Å². The Hall–Kier alpha value is -2.20. The molecule has 176 valence electrons. The fourth-order valence-corrected chi connectivity index (χ4v) is 3.62. The van der Waals surface area contributed by atoms with Crippen molar-refractivity contribution in [2.24, 2.45) is 4.99 Å². The van der Waals surface area contributed by atoms with Crippen molar-refractivity contribution in [2.75, 3.05) is 65.6 Å². The molecule has 1 saturated heterocycles. The Kier molecular flexibility index (Phi) is 11.4. The van der Waals surface area contributed by atoms with Gasteiger partial charge in [0.15, 0.2) is 5.96 Å². The molecule has 2 aromatic rings. The third-order valence-electron chi connectivity index (χ3n) is 5.34. The minimum absolute atomic E-state index is 0. The predicted molar refractivity (Wildman–Crippen MR) is 141 cm³/mol. The SMILES string of the molecule is CN=C(NCc1cccc(OCCCOC)c1)N1CCN(c2ccc(OC)cc2)CC1.I. The van der Waals surface area contributed by atoms with Gasteiger partial charge in [-0.25, -0.2) is 0 Å². The second-order valence-corrected chi connectivity index (χ2v) is 7.42. The topological polar surface area (TPSA) is 58.6 Å². The van der Waals surface area contributed by atoms with Gasteiger partial charge in [0.2, 0.25) is 0 Å². The summed E-state index contributed by atoms with van der Waals surface area (Å²) in [6, 6.07) is 16.5. The number of benzene rings is 2. The van der Waals surface area contributed by atoms with E-state index in [4.69, 9.17) is 14.2 Å². The molecule has 7 nitrogen and oxygen atoms in total. The molecule has 0 saturated carbocycles. The van der Waals surface area contributed by atoms with Crippen molar-refractivity contribution >= 4 is 35.6 Å². The first-order chi connectivity index (χ1) is 15.2. The number of hydrogen-bond donors (Lipinski definition) is 1. The van der Waals surface area contributed by atoms with Crippen LogP contribution in [0.1, 0.15) is 12.0 Å². The molecule has 3 rings (SSSR count). The summed E-state index contributed by atoms with van der Waals surface area (Å²) in [5.74, 6) is 2.70. The number of piperazine rings is 1. The maximum atomic E-state index is 5.80. The molecule has 0 unspecified atom stereocenters. The quantitative estimate of drug-likeness (QED) is 0.221. The van der Waals surface area contributed by atoms with Crippen molar-refractivity contribution < 1.29 is 14.2 Å². The molecule has 1 aliphatic heterocycles. The fraction of sp³-hybridized carbons (Fsp3) is 0.458. The standard InChI is InChI=1S/C24H34N4O3.HI/c1-25-24(26-19-20-6-4-7-23(18-20)31-17-5-16-29-2)28-14-12-27(13-15-28)21-8-10-22(30-3)11-9-21;/h4,6-11,18H,5,12-17,19H2,1-3H3,(H,25,26);1H. The van der Waals surface area contributed by atoms with E-state index in [0.29, 0.717) is 19.8 Å². The van der Waals surface area contributed by atoms with Crippen LogP contribution in [-0.2, 0) is 11.3 Å². The number of guanidine groups is 1. The van der Waals surface area contributed by atoms with Gasteiger partial charge in [0.25, 0.3) is 0 Å². The third-order valence-corrected chi connectivity index (χ3v) is 5.34. The minimum atomic E-state index is 0. The fourth-order valence-electron chi connectivity index (χ4n) is 3.62. The van der Waals surface area contributed by atoms with Crippen LogP contribution in [0.5, 0.6) is 11.5 Å². The molecule has 1 aliphatic rings. The number of halogens is 1. The highest BCUT2D eigenvalue weighted by molar-refractivity contribution is 14.0. The Morgan fingerprint density at radius 2 is 1.72 bits per heavy atom. The van der Waals surface area contributed by atoms with Gasteiger partial charge in [-0.05, 0) is 42.0 Å². The zero-order valence-corrected chi connectivity index (χ0v) is 21.6. The van der Waals surface area contributed by atoms with Gasteiger partial charge in [-0.2, -0.15) is 0 Å². The zero-order valence-electron chi connectivity index (χ0n) is 19.3. The number of rotatable bonds is 9. The molecule has 0 bridgehead atoms. The summed E-state index contributed by atoms with van der Waals surface area (Å²) in [6.45, 7) is 5.84. The number of hydrogen-bond acceptors (Lipinski definition) is 5. The molecule has 0 spiro atoms. The van der Waals surface area contributed by atoms with E-state index in [-0.39, 0.29) is 24.0 Å². The highest BCUT2D eigenvalue weighted by Gasteiger charge is 2.19. The summed E-state index contributed by atoms with van der Waals surface area (Å²) in [4.78, 5) is 9.20. The molecule has 1 heterocycles. The maximum absolute atomic E-state index is 5.80. The average Bonchev–Trinajstić information content (AvgIpc) is 2.83. The van der Waals surface area contributed by atoms with Gasteiger partial charge in [0, 0.05) is 65.6 Å². The normalized spacial score (nSPS) is 14.0. The number of nitrogens with zero attached hydrogens (tertiary/aromatic N) is 3. The third kappa shape index (κ3) is 7.74. The molecule has 0 atom stereocenters. The Labute approximate surface area is 208 Å². The van der Waals surface area contributed by atoms with E-state index < -0.39 is 0 Å². The van der Waals surface area contributed by atoms with Gasteiger partial charge in [0.05, 0.1) is 13.7 Å². The van der Waals surface area contributed by atoms with E-state index in [9.17, 15) is 0 Å². The highest BCUT2D eigenvalue weighted by Crippen LogP contribution is 2.20. The smallest absolute Gasteiger partial charge is 0.194 e. The van der Waals surface area contributed by atoms with Crippen LogP contribution in [-0.4, -0.2) is 71.5 Å². The van der Waals surface area contributed by atoms with E-state index in [0.717, 1.165) is 50.1 Å². The second-order valence-electron chi connectivity index (χ2n) is 7.42. The van der Waals surface area contributed by atoms with Crippen LogP contribution in [0.4, 0.5) is 5.69 Å². The van der Waals surface area contributed by atoms with Crippen molar-refractivity contribution in [2.45, 2.75) is 13.0 Å². The van der Waals surface area contributed by atoms with Gasteiger partial charge < -0.3 is 29.3 Å². The van der Waals surface area contributed by atoms with E-state index in [1.54, 1.807) is 14.2 Å². The average molecular weight is 554 g/mol. The Balaban J connectivity index is 0.00000363. The highest BCUT2D eigenvalue weighted by atomic mass is 127. The molecule has 1 fully saturated rings. The second kappa shape index (κ2) is 14.1. The molecule has 32 heavy (non-hydrogen) atoms. The number of nitrogens with one attached hydrogen (secondary N) is 1. The molecule has 2 aromatic carbocycles. The Morgan fingerprint density at radius 1 is 0.969 bits per heavy atom. The number of aliphatic imine (C=N–C) groups is 1. The van der Waals surface area contributed by atoms with Gasteiger partial charge in [-0.15, -0.1) is 24.0 Å². The maximum Gasteiger partial charge on any atom is 0.194 e. The molecule has 1 N–H and O–H groups in total. The molecule has 0 radical (unpaired) electrons. The van der Waals surface area contributed by atoms with Crippen molar-refractivity contribution in [3.63, 3.8) is 0 Å². The van der Waals surface area contributed by atoms with E-state index in [1.165, 1.54) is 11.3 Å². The summed E-state index contributed by atoms with van der Waals surface area (Å²) < 4.78 is 16.1. The summed E-state index contributed by atoms with van der Waals surface area (Å²) in [5, 5.41) is 3.49. The summed E-state index contributed by atoms with van der Waals surface area (Å²) in [7, 11) is 5.24. The van der Waals surface area contributed by atoms with Crippen molar-refractivity contribution in [3.8, 4) is 11.5 Å². The zero-order chi connectivity index (χ0) is 21.9. The van der Waals surface area contributed by atoms with Crippen molar-refractivity contribution in [1.29, 1.82) is 0 Å². The van der Waals surface area contributed by atoms with E-state index in [2.05, 4.69) is 44.4 Å². The minimum Gasteiger partial charge on any atom is -0.497 e. The van der Waals surface area contributed by atoms with Crippen LogP contribution in [0, 0.1) is 0 Å². The van der Waals surface area contributed by atoms with Crippen LogP contribution >= 0.6 is 24.0 Å².